The van der Waals surface area contributed by atoms with E-state index in [1.165, 1.54) is 0 Å². The quantitative estimate of drug-likeness (QED) is 0.378. The second-order valence-corrected chi connectivity index (χ2v) is 7.42. The van der Waals surface area contributed by atoms with E-state index in [0.717, 1.165) is 10.9 Å². The second-order valence-electron chi connectivity index (χ2n) is 6.17. The van der Waals surface area contributed by atoms with E-state index >= 15 is 0 Å². The average Bonchev–Trinajstić information content (AvgIpc) is 2.69. The number of carbonyl (C=O) groups is 1. The van der Waals surface area contributed by atoms with Gasteiger partial charge in [-0.05, 0) is 42.5 Å². The molecule has 0 spiro atoms. The first-order valence-corrected chi connectivity index (χ1v) is 9.57. The Labute approximate surface area is 176 Å². The van der Waals surface area contributed by atoms with E-state index in [0.29, 0.717) is 37.5 Å². The molecule has 6 heteroatoms. The predicted octanol–water partition coefficient (Wildman–Crippen LogP) is 7.11. The van der Waals surface area contributed by atoms with Gasteiger partial charge in [-0.1, -0.05) is 65.1 Å². The summed E-state index contributed by atoms with van der Waals surface area (Å²) in [6.07, 6.45) is 0. The summed E-state index contributed by atoms with van der Waals surface area (Å²) in [4.78, 5) is 17.7. The molecular weight excluding hydrogens is 415 g/mol. The summed E-state index contributed by atoms with van der Waals surface area (Å²) >= 11 is 18.2. The highest BCUT2D eigenvalue weighted by Crippen LogP contribution is 2.30. The maximum Gasteiger partial charge on any atom is 0.256 e. The minimum Gasteiger partial charge on any atom is -0.322 e. The Balaban J connectivity index is 1.82. The highest BCUT2D eigenvalue weighted by molar-refractivity contribution is 6.42. The molecule has 3 aromatic carbocycles. The minimum absolute atomic E-state index is 0.248. The molecule has 4 aromatic rings. The first kappa shape index (κ1) is 18.8. The zero-order valence-electron chi connectivity index (χ0n) is 14.4. The number of rotatable bonds is 3. The Morgan fingerprint density at radius 1 is 0.821 bits per heavy atom. The van der Waals surface area contributed by atoms with Crippen molar-refractivity contribution >= 4 is 57.3 Å². The molecule has 0 unspecified atom stereocenters. The van der Waals surface area contributed by atoms with Gasteiger partial charge in [-0.25, -0.2) is 4.98 Å². The fraction of sp³-hybridized carbons (Fsp3) is 0. The van der Waals surface area contributed by atoms with E-state index in [2.05, 4.69) is 10.3 Å². The number of para-hydroxylation sites is 1. The number of nitrogens with zero attached hydrogens (tertiary/aromatic N) is 1. The molecule has 1 heterocycles. The molecule has 0 saturated heterocycles. The molecule has 0 bridgehead atoms. The number of halogens is 3. The maximum atomic E-state index is 13.0. The lowest BCUT2D eigenvalue weighted by Crippen LogP contribution is -2.13. The molecular formula is C22H13Cl3N2O. The monoisotopic (exact) mass is 426 g/mol. The number of pyridine rings is 1. The molecule has 138 valence electrons. The molecule has 1 aromatic heterocycles. The summed E-state index contributed by atoms with van der Waals surface area (Å²) in [5, 5.41) is 5.09. The lowest BCUT2D eigenvalue weighted by molar-refractivity contribution is 0.102. The van der Waals surface area contributed by atoms with E-state index in [1.807, 2.05) is 30.3 Å². The Hall–Kier alpha value is -2.59. The number of hydrogen-bond acceptors (Lipinski definition) is 2. The molecule has 0 aliphatic carbocycles. The maximum absolute atomic E-state index is 13.0. The zero-order chi connectivity index (χ0) is 19.7. The van der Waals surface area contributed by atoms with Crippen molar-refractivity contribution in [1.29, 1.82) is 0 Å². The summed E-state index contributed by atoms with van der Waals surface area (Å²) in [6, 6.07) is 21.5. The van der Waals surface area contributed by atoms with Gasteiger partial charge in [0.15, 0.2) is 0 Å². The van der Waals surface area contributed by atoms with Gasteiger partial charge in [0.2, 0.25) is 0 Å². The molecule has 0 radical (unpaired) electrons. The lowest BCUT2D eigenvalue weighted by atomic mass is 10.0. The van der Waals surface area contributed by atoms with Crippen LogP contribution < -0.4 is 5.32 Å². The highest BCUT2D eigenvalue weighted by atomic mass is 35.5. The summed E-state index contributed by atoms with van der Waals surface area (Å²) in [5.41, 5.74) is 3.24. The van der Waals surface area contributed by atoms with Crippen LogP contribution in [-0.4, -0.2) is 10.9 Å². The molecule has 1 amide bonds. The molecule has 1 N–H and O–H groups in total. The van der Waals surface area contributed by atoms with Crippen molar-refractivity contribution in [2.45, 2.75) is 0 Å². The predicted molar refractivity (Wildman–Crippen MR) is 117 cm³/mol. The van der Waals surface area contributed by atoms with E-state index in [-0.39, 0.29) is 5.91 Å². The molecule has 0 atom stereocenters. The molecule has 28 heavy (non-hydrogen) atoms. The van der Waals surface area contributed by atoms with Crippen LogP contribution in [0.25, 0.3) is 22.2 Å². The molecule has 0 aliphatic rings. The molecule has 0 saturated carbocycles. The van der Waals surface area contributed by atoms with Crippen LogP contribution >= 0.6 is 34.8 Å². The normalized spacial score (nSPS) is 10.8. The number of hydrogen-bond donors (Lipinski definition) is 1. The number of aromatic nitrogens is 1. The van der Waals surface area contributed by atoms with E-state index in [1.54, 1.807) is 42.5 Å². The van der Waals surface area contributed by atoms with Crippen LogP contribution in [0.15, 0.2) is 72.8 Å². The van der Waals surface area contributed by atoms with Crippen molar-refractivity contribution in [3.63, 3.8) is 0 Å². The summed E-state index contributed by atoms with van der Waals surface area (Å²) < 4.78 is 0. The average molecular weight is 428 g/mol. The fourth-order valence-corrected chi connectivity index (χ4v) is 3.42. The molecule has 3 nitrogen and oxygen atoms in total. The smallest absolute Gasteiger partial charge is 0.256 e. The van der Waals surface area contributed by atoms with Crippen molar-refractivity contribution in [3.05, 3.63) is 93.4 Å². The Kier molecular flexibility index (Phi) is 5.23. The van der Waals surface area contributed by atoms with Crippen LogP contribution in [0, 0.1) is 0 Å². The number of fused-ring (bicyclic) bond motifs is 1. The lowest BCUT2D eigenvalue weighted by Gasteiger charge is -2.11. The van der Waals surface area contributed by atoms with Crippen molar-refractivity contribution in [2.24, 2.45) is 0 Å². The number of nitrogens with one attached hydrogen (secondary N) is 1. The van der Waals surface area contributed by atoms with Gasteiger partial charge in [0.25, 0.3) is 5.91 Å². The van der Waals surface area contributed by atoms with Crippen molar-refractivity contribution in [1.82, 2.24) is 4.98 Å². The topological polar surface area (TPSA) is 42.0 Å². The van der Waals surface area contributed by atoms with Crippen molar-refractivity contribution in [2.75, 3.05) is 5.32 Å². The number of anilines is 1. The van der Waals surface area contributed by atoms with Gasteiger partial charge < -0.3 is 5.32 Å². The van der Waals surface area contributed by atoms with Crippen LogP contribution in [0.2, 0.25) is 15.1 Å². The van der Waals surface area contributed by atoms with E-state index in [4.69, 9.17) is 34.8 Å². The van der Waals surface area contributed by atoms with Gasteiger partial charge in [0.05, 0.1) is 26.8 Å². The van der Waals surface area contributed by atoms with Gasteiger partial charge in [-0.3, -0.25) is 4.79 Å². The second kappa shape index (κ2) is 7.80. The summed E-state index contributed by atoms with van der Waals surface area (Å²) in [6.45, 7) is 0. The molecule has 4 rings (SSSR count). The Bertz CT molecular complexity index is 1210. The first-order valence-electron chi connectivity index (χ1n) is 8.43. The SMILES string of the molecule is O=C(Nc1cccc(Cl)c1)c1cc(-c2ccc(Cl)c(Cl)c2)nc2ccccc12. The molecule has 0 aliphatic heterocycles. The van der Waals surface area contributed by atoms with Crippen LogP contribution in [0.5, 0.6) is 0 Å². The largest absolute Gasteiger partial charge is 0.322 e. The first-order chi connectivity index (χ1) is 13.5. The van der Waals surface area contributed by atoms with Gasteiger partial charge >= 0.3 is 0 Å². The molecule has 0 fully saturated rings. The van der Waals surface area contributed by atoms with Crippen LogP contribution in [0.4, 0.5) is 5.69 Å². The van der Waals surface area contributed by atoms with Crippen molar-refractivity contribution in [3.8, 4) is 11.3 Å². The van der Waals surface area contributed by atoms with E-state index < -0.39 is 0 Å². The number of amides is 1. The van der Waals surface area contributed by atoms with Gasteiger partial charge in [-0.2, -0.15) is 0 Å². The third-order valence-corrected chi connectivity index (χ3v) is 5.23. The Morgan fingerprint density at radius 2 is 1.64 bits per heavy atom. The van der Waals surface area contributed by atoms with Crippen LogP contribution in [0.1, 0.15) is 10.4 Å². The number of benzene rings is 3. The number of carbonyl (C=O) groups excluding carboxylic acids is 1. The van der Waals surface area contributed by atoms with Crippen molar-refractivity contribution < 1.29 is 4.79 Å². The van der Waals surface area contributed by atoms with Crippen LogP contribution in [-0.2, 0) is 0 Å². The summed E-state index contributed by atoms with van der Waals surface area (Å²) in [7, 11) is 0. The zero-order valence-corrected chi connectivity index (χ0v) is 16.7. The standard InChI is InChI=1S/C22H13Cl3N2O/c23-14-4-3-5-15(11-14)26-22(28)17-12-21(13-8-9-18(24)19(25)10-13)27-20-7-2-1-6-16(17)20/h1-12H,(H,26,28). The van der Waals surface area contributed by atoms with Gasteiger partial charge in [-0.15, -0.1) is 0 Å². The summed E-state index contributed by atoms with van der Waals surface area (Å²) in [5.74, 6) is -0.248. The van der Waals surface area contributed by atoms with Gasteiger partial charge in [0, 0.05) is 21.7 Å². The third kappa shape index (κ3) is 3.83. The van der Waals surface area contributed by atoms with E-state index in [9.17, 15) is 4.79 Å². The Morgan fingerprint density at radius 3 is 2.43 bits per heavy atom. The highest BCUT2D eigenvalue weighted by Gasteiger charge is 2.15. The minimum atomic E-state index is -0.248. The van der Waals surface area contributed by atoms with Crippen LogP contribution in [0.3, 0.4) is 0 Å². The third-order valence-electron chi connectivity index (χ3n) is 4.26. The van der Waals surface area contributed by atoms with Gasteiger partial charge in [0.1, 0.15) is 0 Å². The fourth-order valence-electron chi connectivity index (χ4n) is 2.93.